The minimum Gasteiger partial charge on any atom is -0.325 e. The van der Waals surface area contributed by atoms with Crippen molar-refractivity contribution in [2.24, 2.45) is 0 Å². The van der Waals surface area contributed by atoms with Gasteiger partial charge in [0.2, 0.25) is 5.91 Å². The van der Waals surface area contributed by atoms with Crippen molar-refractivity contribution in [3.63, 3.8) is 0 Å². The van der Waals surface area contributed by atoms with E-state index in [2.05, 4.69) is 16.7 Å². The van der Waals surface area contributed by atoms with Crippen molar-refractivity contribution in [1.29, 1.82) is 0 Å². The summed E-state index contributed by atoms with van der Waals surface area (Å²) in [6, 6.07) is 10.1. The van der Waals surface area contributed by atoms with Gasteiger partial charge in [-0.25, -0.2) is 0 Å². The largest absolute Gasteiger partial charge is 0.325 e. The Kier molecular flexibility index (Phi) is 3.13. The highest BCUT2D eigenvalue weighted by atomic mass is 32.1. The van der Waals surface area contributed by atoms with Gasteiger partial charge in [0.05, 0.1) is 11.6 Å². The van der Waals surface area contributed by atoms with Crippen LogP contribution in [0.25, 0.3) is 0 Å². The molecule has 1 aliphatic heterocycles. The average Bonchev–Trinajstić information content (AvgIpc) is 2.91. The topological polar surface area (TPSA) is 41.1 Å². The number of carbonyl (C=O) groups is 1. The maximum Gasteiger partial charge on any atom is 0.233 e. The van der Waals surface area contributed by atoms with Gasteiger partial charge in [-0.15, -0.1) is 0 Å². The molecule has 1 atom stereocenters. The van der Waals surface area contributed by atoms with Crippen LogP contribution < -0.4 is 10.6 Å². The highest BCUT2D eigenvalue weighted by Crippen LogP contribution is 2.25. The zero-order chi connectivity index (χ0) is 12.4. The highest BCUT2D eigenvalue weighted by Gasteiger charge is 2.25. The molecule has 2 aromatic rings. The fourth-order valence-electron chi connectivity index (χ4n) is 2.30. The number of anilines is 1. The average molecular weight is 258 g/mol. The molecule has 0 saturated carbocycles. The molecule has 2 N–H and O–H groups in total. The Hall–Kier alpha value is -1.65. The predicted molar refractivity (Wildman–Crippen MR) is 73.8 cm³/mol. The van der Waals surface area contributed by atoms with Gasteiger partial charge < -0.3 is 10.6 Å². The number of amides is 1. The summed E-state index contributed by atoms with van der Waals surface area (Å²) in [5.41, 5.74) is 3.24. The number of hydrogen-bond acceptors (Lipinski definition) is 3. The Bertz CT molecular complexity index is 551. The number of nitrogens with one attached hydrogen (secondary N) is 2. The molecule has 0 fully saturated rings. The van der Waals surface area contributed by atoms with E-state index in [0.29, 0.717) is 6.54 Å². The summed E-state index contributed by atoms with van der Waals surface area (Å²) in [6.07, 6.45) is 0. The van der Waals surface area contributed by atoms with Crippen LogP contribution in [0.2, 0.25) is 0 Å². The molecule has 1 aromatic heterocycles. The molecular weight excluding hydrogens is 244 g/mol. The van der Waals surface area contributed by atoms with Crippen LogP contribution in [0.4, 0.5) is 5.69 Å². The number of hydrogen-bond donors (Lipinski definition) is 2. The zero-order valence-electron chi connectivity index (χ0n) is 9.85. The van der Waals surface area contributed by atoms with E-state index in [1.165, 1.54) is 5.56 Å². The number of rotatable bonds is 2. The lowest BCUT2D eigenvalue weighted by atomic mass is 9.90. The van der Waals surface area contributed by atoms with E-state index in [-0.39, 0.29) is 11.8 Å². The fraction of sp³-hybridized carbons (Fsp3) is 0.214. The van der Waals surface area contributed by atoms with Crippen LogP contribution in [0.15, 0.2) is 41.1 Å². The second-order valence-corrected chi connectivity index (χ2v) is 5.16. The minimum atomic E-state index is -0.102. The summed E-state index contributed by atoms with van der Waals surface area (Å²) in [6.45, 7) is 1.55. The van der Waals surface area contributed by atoms with Gasteiger partial charge in [0.15, 0.2) is 0 Å². The monoisotopic (exact) mass is 258 g/mol. The van der Waals surface area contributed by atoms with Gasteiger partial charge in [-0.2, -0.15) is 11.3 Å². The molecule has 0 spiro atoms. The first kappa shape index (κ1) is 11.4. The molecule has 3 nitrogen and oxygen atoms in total. The van der Waals surface area contributed by atoms with E-state index in [1.807, 2.05) is 35.0 Å². The van der Waals surface area contributed by atoms with Crippen LogP contribution >= 0.6 is 11.3 Å². The Balaban J connectivity index is 1.83. The molecule has 92 valence electrons. The van der Waals surface area contributed by atoms with Crippen molar-refractivity contribution in [3.8, 4) is 0 Å². The molecule has 18 heavy (non-hydrogen) atoms. The normalized spacial score (nSPS) is 18.1. The number of carbonyl (C=O) groups excluding carboxylic acids is 1. The molecule has 1 aromatic carbocycles. The quantitative estimate of drug-likeness (QED) is 0.869. The van der Waals surface area contributed by atoms with Crippen molar-refractivity contribution in [3.05, 3.63) is 52.2 Å². The van der Waals surface area contributed by atoms with Gasteiger partial charge in [-0.3, -0.25) is 4.79 Å². The lowest BCUT2D eigenvalue weighted by Gasteiger charge is -2.25. The third-order valence-electron chi connectivity index (χ3n) is 3.20. The Labute approximate surface area is 110 Å². The standard InChI is InChI=1S/C14H14N2OS/c17-14(16-11-5-6-18-9-11)13-8-15-7-10-3-1-2-4-12(10)13/h1-6,9,13,15H,7-8H2,(H,16,17). The van der Waals surface area contributed by atoms with E-state index < -0.39 is 0 Å². The van der Waals surface area contributed by atoms with Gasteiger partial charge in [0.1, 0.15) is 0 Å². The lowest BCUT2D eigenvalue weighted by Crippen LogP contribution is -2.35. The van der Waals surface area contributed by atoms with Crippen LogP contribution in [-0.4, -0.2) is 12.5 Å². The predicted octanol–water partition coefficient (Wildman–Crippen LogP) is 2.57. The molecular formula is C14H14N2OS. The number of benzene rings is 1. The summed E-state index contributed by atoms with van der Waals surface area (Å²) in [5.74, 6) is -0.0390. The SMILES string of the molecule is O=C(Nc1ccsc1)C1CNCc2ccccc21. The van der Waals surface area contributed by atoms with E-state index in [9.17, 15) is 4.79 Å². The van der Waals surface area contributed by atoms with Crippen LogP contribution in [0, 0.1) is 0 Å². The van der Waals surface area contributed by atoms with E-state index in [0.717, 1.165) is 17.8 Å². The first-order valence-electron chi connectivity index (χ1n) is 5.96. The Morgan fingerprint density at radius 1 is 1.33 bits per heavy atom. The highest BCUT2D eigenvalue weighted by molar-refractivity contribution is 7.08. The van der Waals surface area contributed by atoms with Gasteiger partial charge in [0.25, 0.3) is 0 Å². The van der Waals surface area contributed by atoms with Crippen LogP contribution in [0.5, 0.6) is 0 Å². The number of fused-ring (bicyclic) bond motifs is 1. The maximum atomic E-state index is 12.3. The molecule has 0 radical (unpaired) electrons. The summed E-state index contributed by atoms with van der Waals surface area (Å²) < 4.78 is 0. The minimum absolute atomic E-state index is 0.0630. The second kappa shape index (κ2) is 4.92. The fourth-order valence-corrected chi connectivity index (χ4v) is 2.88. The third kappa shape index (κ3) is 2.17. The van der Waals surface area contributed by atoms with Crippen molar-refractivity contribution in [1.82, 2.24) is 5.32 Å². The van der Waals surface area contributed by atoms with Crippen LogP contribution in [-0.2, 0) is 11.3 Å². The Morgan fingerprint density at radius 3 is 3.06 bits per heavy atom. The molecule has 1 aliphatic rings. The first-order valence-corrected chi connectivity index (χ1v) is 6.90. The molecule has 2 heterocycles. The zero-order valence-corrected chi connectivity index (χ0v) is 10.7. The molecule has 0 aliphatic carbocycles. The van der Waals surface area contributed by atoms with Crippen molar-refractivity contribution >= 4 is 22.9 Å². The molecule has 0 saturated heterocycles. The third-order valence-corrected chi connectivity index (χ3v) is 3.88. The van der Waals surface area contributed by atoms with Gasteiger partial charge in [-0.1, -0.05) is 24.3 Å². The van der Waals surface area contributed by atoms with E-state index in [4.69, 9.17) is 0 Å². The number of thiophene rings is 1. The molecule has 0 bridgehead atoms. The van der Waals surface area contributed by atoms with Crippen LogP contribution in [0.3, 0.4) is 0 Å². The molecule has 3 rings (SSSR count). The summed E-state index contributed by atoms with van der Waals surface area (Å²) in [7, 11) is 0. The smallest absolute Gasteiger partial charge is 0.233 e. The second-order valence-electron chi connectivity index (χ2n) is 4.38. The van der Waals surface area contributed by atoms with Crippen LogP contribution in [0.1, 0.15) is 17.0 Å². The van der Waals surface area contributed by atoms with Gasteiger partial charge >= 0.3 is 0 Å². The summed E-state index contributed by atoms with van der Waals surface area (Å²) in [5, 5.41) is 10.2. The molecule has 1 amide bonds. The summed E-state index contributed by atoms with van der Waals surface area (Å²) in [4.78, 5) is 12.3. The van der Waals surface area contributed by atoms with E-state index >= 15 is 0 Å². The van der Waals surface area contributed by atoms with Crippen molar-refractivity contribution < 1.29 is 4.79 Å². The first-order chi connectivity index (χ1) is 8.84. The Morgan fingerprint density at radius 2 is 2.22 bits per heavy atom. The van der Waals surface area contributed by atoms with E-state index in [1.54, 1.807) is 11.3 Å². The maximum absolute atomic E-state index is 12.3. The van der Waals surface area contributed by atoms with Gasteiger partial charge in [-0.05, 0) is 22.6 Å². The lowest BCUT2D eigenvalue weighted by molar-refractivity contribution is -0.117. The summed E-state index contributed by atoms with van der Waals surface area (Å²) >= 11 is 1.58. The molecule has 4 heteroatoms. The van der Waals surface area contributed by atoms with Crippen molar-refractivity contribution in [2.45, 2.75) is 12.5 Å². The molecule has 1 unspecified atom stereocenters. The van der Waals surface area contributed by atoms with Crippen molar-refractivity contribution in [2.75, 3.05) is 11.9 Å². The van der Waals surface area contributed by atoms with Gasteiger partial charge in [0, 0.05) is 18.5 Å².